The van der Waals surface area contributed by atoms with Crippen molar-refractivity contribution in [2.45, 2.75) is 50.5 Å². The van der Waals surface area contributed by atoms with E-state index in [1.54, 1.807) is 0 Å². The van der Waals surface area contributed by atoms with Gasteiger partial charge >= 0.3 is 0 Å². The minimum atomic E-state index is -1.07. The Kier molecular flexibility index (Phi) is 4.93. The van der Waals surface area contributed by atoms with Gasteiger partial charge in [0, 0.05) is 16.2 Å². The average Bonchev–Trinajstić information content (AvgIpc) is 2.89. The van der Waals surface area contributed by atoms with E-state index in [1.165, 1.54) is 0 Å². The van der Waals surface area contributed by atoms with Crippen molar-refractivity contribution in [2.24, 2.45) is 0 Å². The molecule has 2 unspecified atom stereocenters. The lowest BCUT2D eigenvalue weighted by Gasteiger charge is -2.14. The summed E-state index contributed by atoms with van der Waals surface area (Å²) in [6.07, 6.45) is 0.816. The van der Waals surface area contributed by atoms with Gasteiger partial charge in [0.15, 0.2) is 0 Å². The van der Waals surface area contributed by atoms with E-state index in [1.807, 2.05) is 58.0 Å². The quantitative estimate of drug-likeness (QED) is 0.844. The molecule has 0 radical (unpaired) electrons. The predicted octanol–water partition coefficient (Wildman–Crippen LogP) is 3.77. The molecule has 0 aliphatic rings. The zero-order valence-corrected chi connectivity index (χ0v) is 13.8. The van der Waals surface area contributed by atoms with E-state index in [2.05, 4.69) is 10.2 Å². The Labute approximate surface area is 128 Å². The van der Waals surface area contributed by atoms with Gasteiger partial charge in [-0.3, -0.25) is 4.21 Å². The van der Waals surface area contributed by atoms with Crippen molar-refractivity contribution in [1.29, 1.82) is 0 Å². The summed E-state index contributed by atoms with van der Waals surface area (Å²) in [7, 11) is -1.07. The van der Waals surface area contributed by atoms with Crippen LogP contribution in [0.3, 0.4) is 0 Å². The fourth-order valence-electron chi connectivity index (χ4n) is 2.08. The molecule has 0 saturated carbocycles. The Bertz CT molecular complexity index is 602. The first-order valence-corrected chi connectivity index (χ1v) is 8.55. The van der Waals surface area contributed by atoms with Crippen LogP contribution in [-0.2, 0) is 22.0 Å². The molecule has 2 atom stereocenters. The van der Waals surface area contributed by atoms with Crippen LogP contribution in [0.2, 0.25) is 0 Å². The van der Waals surface area contributed by atoms with Gasteiger partial charge in [0.05, 0.1) is 5.25 Å². The summed E-state index contributed by atoms with van der Waals surface area (Å²) in [5.41, 5.74) is 0.907. The van der Waals surface area contributed by atoms with Gasteiger partial charge in [0.25, 0.3) is 0 Å². The maximum absolute atomic E-state index is 12.6. The Morgan fingerprint density at radius 3 is 2.38 bits per heavy atom. The summed E-state index contributed by atoms with van der Waals surface area (Å²) < 4.78 is 18.2. The van der Waals surface area contributed by atoms with Crippen LogP contribution in [0.25, 0.3) is 0 Å². The molecule has 1 heterocycles. The third-order valence-corrected chi connectivity index (χ3v) is 5.01. The van der Waals surface area contributed by atoms with Crippen LogP contribution in [0.15, 0.2) is 34.7 Å². The van der Waals surface area contributed by atoms with Gasteiger partial charge in [0.1, 0.15) is 5.75 Å². The molecule has 0 aliphatic heterocycles. The molecule has 1 aromatic carbocycles. The van der Waals surface area contributed by atoms with E-state index in [-0.39, 0.29) is 10.7 Å². The van der Waals surface area contributed by atoms with Crippen molar-refractivity contribution in [3.8, 4) is 0 Å². The highest BCUT2D eigenvalue weighted by atomic mass is 32.2. The largest absolute Gasteiger partial charge is 0.424 e. The molecule has 0 N–H and O–H groups in total. The summed E-state index contributed by atoms with van der Waals surface area (Å²) in [6, 6.07) is 9.94. The van der Waals surface area contributed by atoms with Crippen molar-refractivity contribution in [3.05, 3.63) is 47.7 Å². The van der Waals surface area contributed by atoms with Crippen molar-refractivity contribution < 1.29 is 8.63 Å². The lowest BCUT2D eigenvalue weighted by molar-refractivity contribution is 0.378. The van der Waals surface area contributed by atoms with Crippen molar-refractivity contribution in [1.82, 2.24) is 10.2 Å². The monoisotopic (exact) mass is 306 g/mol. The molecular weight excluding hydrogens is 284 g/mol. The fourth-order valence-corrected chi connectivity index (χ4v) is 3.47. The lowest BCUT2D eigenvalue weighted by Crippen LogP contribution is -2.11. The third kappa shape index (κ3) is 4.00. The first-order valence-electron chi connectivity index (χ1n) is 7.16. The van der Waals surface area contributed by atoms with Crippen LogP contribution in [0.5, 0.6) is 0 Å². The average molecular weight is 306 g/mol. The first kappa shape index (κ1) is 15.9. The van der Waals surface area contributed by atoms with Crippen LogP contribution in [0.1, 0.15) is 56.7 Å². The molecule has 0 fully saturated rings. The summed E-state index contributed by atoms with van der Waals surface area (Å²) >= 11 is 0. The Morgan fingerprint density at radius 2 is 1.86 bits per heavy atom. The Balaban J connectivity index is 2.11. The second-order valence-electron chi connectivity index (χ2n) is 6.08. The number of aromatic nitrogens is 2. The molecular formula is C16H22N2O2S. The summed E-state index contributed by atoms with van der Waals surface area (Å²) in [5.74, 6) is 1.34. The lowest BCUT2D eigenvalue weighted by atomic mass is 9.97. The SMILES string of the molecule is CCC(c1ccccc1)S(=O)Cc1nnc(C(C)(C)C)o1. The molecule has 0 aliphatic carbocycles. The van der Waals surface area contributed by atoms with Gasteiger partial charge < -0.3 is 4.42 Å². The molecule has 1 aromatic heterocycles. The second-order valence-corrected chi connectivity index (χ2v) is 7.70. The van der Waals surface area contributed by atoms with Crippen molar-refractivity contribution in [2.75, 3.05) is 0 Å². The number of hydrogen-bond donors (Lipinski definition) is 0. The van der Waals surface area contributed by atoms with E-state index in [0.717, 1.165) is 12.0 Å². The zero-order chi connectivity index (χ0) is 15.5. The zero-order valence-electron chi connectivity index (χ0n) is 13.0. The predicted molar refractivity (Wildman–Crippen MR) is 84.3 cm³/mol. The minimum absolute atomic E-state index is 0.00353. The highest BCUT2D eigenvalue weighted by Crippen LogP contribution is 2.26. The Hall–Kier alpha value is -1.49. The first-order chi connectivity index (χ1) is 9.91. The van der Waals surface area contributed by atoms with Gasteiger partial charge in [-0.05, 0) is 12.0 Å². The number of benzene rings is 1. The highest BCUT2D eigenvalue weighted by Gasteiger charge is 2.24. The van der Waals surface area contributed by atoms with Gasteiger partial charge in [-0.15, -0.1) is 10.2 Å². The third-order valence-electron chi connectivity index (χ3n) is 3.23. The van der Waals surface area contributed by atoms with Crippen LogP contribution in [0, 0.1) is 0 Å². The van der Waals surface area contributed by atoms with Gasteiger partial charge in [-0.1, -0.05) is 58.0 Å². The maximum Gasteiger partial charge on any atom is 0.229 e. The van der Waals surface area contributed by atoms with E-state index in [4.69, 9.17) is 4.42 Å². The molecule has 0 bridgehead atoms. The summed E-state index contributed by atoms with van der Waals surface area (Å²) in [4.78, 5) is 0. The highest BCUT2D eigenvalue weighted by molar-refractivity contribution is 7.84. The topological polar surface area (TPSA) is 56.0 Å². The molecule has 0 spiro atoms. The van der Waals surface area contributed by atoms with Crippen molar-refractivity contribution >= 4 is 10.8 Å². The van der Waals surface area contributed by atoms with Crippen LogP contribution in [0.4, 0.5) is 0 Å². The molecule has 2 rings (SSSR count). The maximum atomic E-state index is 12.6. The van der Waals surface area contributed by atoms with Gasteiger partial charge in [-0.2, -0.15) is 0 Å². The van der Waals surface area contributed by atoms with Crippen LogP contribution >= 0.6 is 0 Å². The number of nitrogens with zero attached hydrogens (tertiary/aromatic N) is 2. The van der Waals surface area contributed by atoms with Gasteiger partial charge in [-0.25, -0.2) is 0 Å². The molecule has 21 heavy (non-hydrogen) atoms. The van der Waals surface area contributed by atoms with Crippen LogP contribution in [-0.4, -0.2) is 14.4 Å². The normalized spacial score (nSPS) is 14.9. The molecule has 2 aromatic rings. The number of rotatable bonds is 5. The standard InChI is InChI=1S/C16H22N2O2S/c1-5-13(12-9-7-6-8-10-12)21(19)11-14-17-18-15(20-14)16(2,3)4/h6-10,13H,5,11H2,1-4H3. The van der Waals surface area contributed by atoms with Crippen LogP contribution < -0.4 is 0 Å². The Morgan fingerprint density at radius 1 is 1.19 bits per heavy atom. The van der Waals surface area contributed by atoms with E-state index in [0.29, 0.717) is 17.5 Å². The molecule has 0 amide bonds. The van der Waals surface area contributed by atoms with Gasteiger partial charge in [0.2, 0.25) is 11.8 Å². The van der Waals surface area contributed by atoms with E-state index in [9.17, 15) is 4.21 Å². The second kappa shape index (κ2) is 6.52. The molecule has 114 valence electrons. The smallest absolute Gasteiger partial charge is 0.229 e. The molecule has 0 saturated heterocycles. The summed E-state index contributed by atoms with van der Waals surface area (Å²) in [6.45, 7) is 8.09. The van der Waals surface area contributed by atoms with E-state index < -0.39 is 10.8 Å². The minimum Gasteiger partial charge on any atom is -0.424 e. The molecule has 4 nitrogen and oxygen atoms in total. The van der Waals surface area contributed by atoms with Crippen molar-refractivity contribution in [3.63, 3.8) is 0 Å². The fraction of sp³-hybridized carbons (Fsp3) is 0.500. The molecule has 5 heteroatoms. The number of hydrogen-bond acceptors (Lipinski definition) is 4. The van der Waals surface area contributed by atoms with E-state index >= 15 is 0 Å². The summed E-state index contributed by atoms with van der Waals surface area (Å²) in [5, 5.41) is 8.07.